The second kappa shape index (κ2) is 8.91. The number of amides is 2. The molecule has 6 heteroatoms. The summed E-state index contributed by atoms with van der Waals surface area (Å²) in [7, 11) is 0. The molecule has 0 bridgehead atoms. The number of nitrogens with zero attached hydrogens (tertiary/aromatic N) is 3. The van der Waals surface area contributed by atoms with Gasteiger partial charge in [-0.15, -0.1) is 0 Å². The highest BCUT2D eigenvalue weighted by Gasteiger charge is 2.51. The summed E-state index contributed by atoms with van der Waals surface area (Å²) in [4.78, 5) is 37.0. The first kappa shape index (κ1) is 23.7. The molecule has 0 saturated carbocycles. The van der Waals surface area contributed by atoms with Crippen LogP contribution in [-0.2, 0) is 27.8 Å². The molecule has 182 valence electrons. The number of fused-ring (bicyclic) bond motifs is 3. The van der Waals surface area contributed by atoms with Crippen molar-refractivity contribution in [2.75, 3.05) is 11.9 Å². The van der Waals surface area contributed by atoms with Gasteiger partial charge < -0.3 is 10.2 Å². The van der Waals surface area contributed by atoms with Gasteiger partial charge in [0.25, 0.3) is 0 Å². The Morgan fingerprint density at radius 3 is 2.67 bits per heavy atom. The largest absolute Gasteiger partial charge is 0.324 e. The van der Waals surface area contributed by atoms with Crippen LogP contribution in [0.15, 0.2) is 60.9 Å². The summed E-state index contributed by atoms with van der Waals surface area (Å²) in [5.74, 6) is 7.10. The van der Waals surface area contributed by atoms with Crippen LogP contribution in [0.1, 0.15) is 61.7 Å². The summed E-state index contributed by atoms with van der Waals surface area (Å²) in [6.45, 7) is 8.15. The van der Waals surface area contributed by atoms with Crippen LogP contribution >= 0.6 is 0 Å². The van der Waals surface area contributed by atoms with Crippen molar-refractivity contribution >= 4 is 17.6 Å². The van der Waals surface area contributed by atoms with Crippen molar-refractivity contribution < 1.29 is 9.59 Å². The molecule has 2 amide bonds. The van der Waals surface area contributed by atoms with E-state index in [-0.39, 0.29) is 17.9 Å². The number of aromatic nitrogens is 2. The number of pyridine rings is 2. The Morgan fingerprint density at radius 1 is 1.14 bits per heavy atom. The van der Waals surface area contributed by atoms with Crippen molar-refractivity contribution in [3.8, 4) is 11.8 Å². The van der Waals surface area contributed by atoms with E-state index >= 15 is 0 Å². The zero-order valence-corrected chi connectivity index (χ0v) is 21.1. The molecule has 36 heavy (non-hydrogen) atoms. The van der Waals surface area contributed by atoms with Crippen LogP contribution < -0.4 is 5.32 Å². The Hall–Kier alpha value is -3.98. The second-order valence-corrected chi connectivity index (χ2v) is 10.7. The third-order valence-corrected chi connectivity index (χ3v) is 7.15. The van der Waals surface area contributed by atoms with Gasteiger partial charge in [0.2, 0.25) is 11.8 Å². The van der Waals surface area contributed by atoms with Gasteiger partial charge in [0.15, 0.2) is 0 Å². The number of benzene rings is 1. The molecule has 1 aliphatic heterocycles. The Kier molecular flexibility index (Phi) is 5.88. The maximum Gasteiger partial charge on any atom is 0.237 e. The van der Waals surface area contributed by atoms with Gasteiger partial charge >= 0.3 is 0 Å². The standard InChI is InChI=1S/C30H30N4O2/c1-20(22-11-6-5-7-12-22)34(28(36)29(2,3)4)15-9-10-21-16-23-17-30(18-25(23)32-19-21)24-13-8-14-31-26(24)33-27(30)35/h5-8,11-14,16,19-20H,15,17-18H2,1-4H3,(H,31,33,35)/t20-,30+/m1/s1. The summed E-state index contributed by atoms with van der Waals surface area (Å²) >= 11 is 0. The number of carbonyl (C=O) groups excluding carboxylic acids is 2. The molecular weight excluding hydrogens is 448 g/mol. The third kappa shape index (κ3) is 4.15. The minimum absolute atomic E-state index is 0.0203. The molecule has 1 aliphatic carbocycles. The molecule has 1 spiro atoms. The SMILES string of the molecule is C[C@H](c1ccccc1)N(CC#Cc1cnc2c(c1)C[C@@]1(C2)C(=O)Nc2ncccc21)C(=O)C(C)(C)C. The first-order valence-corrected chi connectivity index (χ1v) is 12.3. The lowest BCUT2D eigenvalue weighted by Gasteiger charge is -2.33. The van der Waals surface area contributed by atoms with E-state index in [4.69, 9.17) is 0 Å². The van der Waals surface area contributed by atoms with E-state index in [0.717, 1.165) is 27.9 Å². The maximum atomic E-state index is 13.3. The van der Waals surface area contributed by atoms with Crippen LogP contribution in [0.3, 0.4) is 0 Å². The molecule has 3 heterocycles. The highest BCUT2D eigenvalue weighted by atomic mass is 16.2. The summed E-state index contributed by atoms with van der Waals surface area (Å²) in [5.41, 5.74) is 3.60. The summed E-state index contributed by atoms with van der Waals surface area (Å²) in [6, 6.07) is 15.8. The Bertz CT molecular complexity index is 1400. The topological polar surface area (TPSA) is 75.2 Å². The molecule has 1 aromatic carbocycles. The van der Waals surface area contributed by atoms with E-state index in [1.807, 2.05) is 81.1 Å². The van der Waals surface area contributed by atoms with E-state index < -0.39 is 10.8 Å². The van der Waals surface area contributed by atoms with Crippen molar-refractivity contribution in [1.29, 1.82) is 0 Å². The van der Waals surface area contributed by atoms with Crippen molar-refractivity contribution in [3.05, 3.63) is 88.9 Å². The smallest absolute Gasteiger partial charge is 0.237 e. The molecule has 0 radical (unpaired) electrons. The molecule has 0 saturated heterocycles. The van der Waals surface area contributed by atoms with Gasteiger partial charge in [-0.2, -0.15) is 0 Å². The van der Waals surface area contributed by atoms with E-state index in [9.17, 15) is 9.59 Å². The summed E-state index contributed by atoms with van der Waals surface area (Å²) in [5, 5.41) is 2.93. The van der Waals surface area contributed by atoms with Crippen LogP contribution in [0, 0.1) is 17.3 Å². The van der Waals surface area contributed by atoms with E-state index in [1.165, 1.54) is 0 Å². The Morgan fingerprint density at radius 2 is 1.92 bits per heavy atom. The van der Waals surface area contributed by atoms with Crippen LogP contribution in [0.25, 0.3) is 0 Å². The number of carbonyl (C=O) groups is 2. The molecule has 2 atom stereocenters. The summed E-state index contributed by atoms with van der Waals surface area (Å²) in [6.07, 6.45) is 4.59. The molecule has 5 rings (SSSR count). The monoisotopic (exact) mass is 478 g/mol. The zero-order valence-electron chi connectivity index (χ0n) is 21.1. The number of hydrogen-bond acceptors (Lipinski definition) is 4. The molecule has 3 aromatic rings. The number of anilines is 1. The first-order chi connectivity index (χ1) is 17.2. The maximum absolute atomic E-state index is 13.3. The lowest BCUT2D eigenvalue weighted by Crippen LogP contribution is -2.41. The van der Waals surface area contributed by atoms with Crippen LogP contribution in [-0.4, -0.2) is 33.2 Å². The van der Waals surface area contributed by atoms with E-state index in [2.05, 4.69) is 27.1 Å². The number of nitrogens with one attached hydrogen (secondary N) is 1. The minimum Gasteiger partial charge on any atom is -0.324 e. The Labute approximate surface area is 212 Å². The lowest BCUT2D eigenvalue weighted by molar-refractivity contribution is -0.141. The zero-order chi connectivity index (χ0) is 25.5. The number of rotatable bonds is 3. The van der Waals surface area contributed by atoms with Gasteiger partial charge in [-0.25, -0.2) is 4.98 Å². The average molecular weight is 479 g/mol. The van der Waals surface area contributed by atoms with Gasteiger partial charge in [0, 0.05) is 41.1 Å². The van der Waals surface area contributed by atoms with Crippen molar-refractivity contribution in [2.24, 2.45) is 5.41 Å². The van der Waals surface area contributed by atoms with Crippen molar-refractivity contribution in [3.63, 3.8) is 0 Å². The molecular formula is C30H30N4O2. The fraction of sp³-hybridized carbons (Fsp3) is 0.333. The highest BCUT2D eigenvalue weighted by Crippen LogP contribution is 2.46. The molecule has 2 aromatic heterocycles. The Balaban J connectivity index is 1.38. The quantitative estimate of drug-likeness (QED) is 0.565. The predicted molar refractivity (Wildman–Crippen MR) is 139 cm³/mol. The molecule has 1 N–H and O–H groups in total. The van der Waals surface area contributed by atoms with Crippen LogP contribution in [0.2, 0.25) is 0 Å². The van der Waals surface area contributed by atoms with Gasteiger partial charge in [-0.05, 0) is 36.6 Å². The molecule has 6 nitrogen and oxygen atoms in total. The summed E-state index contributed by atoms with van der Waals surface area (Å²) < 4.78 is 0. The van der Waals surface area contributed by atoms with Crippen molar-refractivity contribution in [1.82, 2.24) is 14.9 Å². The molecule has 2 aliphatic rings. The van der Waals surface area contributed by atoms with Crippen LogP contribution in [0.5, 0.6) is 0 Å². The fourth-order valence-electron chi connectivity index (χ4n) is 5.14. The van der Waals surface area contributed by atoms with E-state index in [0.29, 0.717) is 25.2 Å². The average Bonchev–Trinajstić information content (AvgIpc) is 3.38. The van der Waals surface area contributed by atoms with Crippen molar-refractivity contribution in [2.45, 2.75) is 52.0 Å². The first-order valence-electron chi connectivity index (χ1n) is 12.3. The normalized spacial score (nSPS) is 18.6. The lowest BCUT2D eigenvalue weighted by atomic mass is 9.80. The second-order valence-electron chi connectivity index (χ2n) is 10.7. The van der Waals surface area contributed by atoms with Gasteiger partial charge in [-0.3, -0.25) is 14.6 Å². The highest BCUT2D eigenvalue weighted by molar-refractivity contribution is 6.06. The third-order valence-electron chi connectivity index (χ3n) is 7.15. The predicted octanol–water partition coefficient (Wildman–Crippen LogP) is 4.45. The minimum atomic E-state index is -0.647. The molecule has 0 unspecified atom stereocenters. The fourth-order valence-corrected chi connectivity index (χ4v) is 5.14. The van der Waals surface area contributed by atoms with Gasteiger partial charge in [0.1, 0.15) is 5.82 Å². The molecule has 0 fully saturated rings. The van der Waals surface area contributed by atoms with Crippen LogP contribution in [0.4, 0.5) is 5.82 Å². The van der Waals surface area contributed by atoms with E-state index in [1.54, 1.807) is 12.4 Å². The van der Waals surface area contributed by atoms with Gasteiger partial charge in [-0.1, -0.05) is 69.0 Å². The van der Waals surface area contributed by atoms with Gasteiger partial charge in [0.05, 0.1) is 18.0 Å². The number of hydrogen-bond donors (Lipinski definition) is 1.